The third-order valence-corrected chi connectivity index (χ3v) is 5.26. The van der Waals surface area contributed by atoms with Crippen molar-refractivity contribution in [2.45, 2.75) is 32.4 Å². The Bertz CT molecular complexity index is 501. The lowest BCUT2D eigenvalue weighted by molar-refractivity contribution is -0.384. The second-order valence-electron chi connectivity index (χ2n) is 5.45. The molecule has 112 valence electrons. The molecule has 2 heterocycles. The first kappa shape index (κ1) is 15.2. The van der Waals surface area contributed by atoms with Crippen molar-refractivity contribution in [1.82, 2.24) is 9.78 Å². The molecule has 0 aliphatic carbocycles. The molecule has 0 saturated carbocycles. The number of anilines is 1. The maximum Gasteiger partial charge on any atom is 0.334 e. The van der Waals surface area contributed by atoms with Crippen molar-refractivity contribution in [3.8, 4) is 0 Å². The molecule has 1 unspecified atom stereocenters. The highest BCUT2D eigenvalue weighted by Crippen LogP contribution is 2.35. The van der Waals surface area contributed by atoms with Gasteiger partial charge in [-0.25, -0.2) is 4.68 Å². The minimum atomic E-state index is -0.284. The molecule has 1 atom stereocenters. The van der Waals surface area contributed by atoms with E-state index in [1.54, 1.807) is 11.7 Å². The quantitative estimate of drug-likeness (QED) is 0.631. The Morgan fingerprint density at radius 2 is 2.25 bits per heavy atom. The van der Waals surface area contributed by atoms with Crippen LogP contribution in [0.5, 0.6) is 0 Å². The fraction of sp³-hybridized carbons (Fsp3) is 0.769. The van der Waals surface area contributed by atoms with Gasteiger partial charge in [0.2, 0.25) is 5.82 Å². The summed E-state index contributed by atoms with van der Waals surface area (Å²) in [5, 5.41) is 16.2. The number of aromatic nitrogens is 2. The summed E-state index contributed by atoms with van der Waals surface area (Å²) in [5.74, 6) is 2.24. The molecule has 7 heteroatoms. The Hall–Kier alpha value is -1.24. The molecule has 0 bridgehead atoms. The maximum absolute atomic E-state index is 11.4. The van der Waals surface area contributed by atoms with Crippen LogP contribution in [-0.4, -0.2) is 38.8 Å². The summed E-state index contributed by atoms with van der Waals surface area (Å²) >= 11 is 1.96. The van der Waals surface area contributed by atoms with Crippen molar-refractivity contribution < 1.29 is 4.92 Å². The predicted molar refractivity (Wildman–Crippen MR) is 82.5 cm³/mol. The molecule has 0 aromatic carbocycles. The zero-order chi connectivity index (χ0) is 14.9. The second kappa shape index (κ2) is 6.03. The van der Waals surface area contributed by atoms with Crippen LogP contribution in [0.4, 0.5) is 11.5 Å². The van der Waals surface area contributed by atoms with Crippen LogP contribution in [0.1, 0.15) is 26.5 Å². The number of thioether (sulfide) groups is 1. The van der Waals surface area contributed by atoms with Gasteiger partial charge >= 0.3 is 5.69 Å². The molecule has 0 amide bonds. The van der Waals surface area contributed by atoms with Gasteiger partial charge in [-0.2, -0.15) is 16.9 Å². The molecule has 1 fully saturated rings. The van der Waals surface area contributed by atoms with Crippen LogP contribution in [0.15, 0.2) is 0 Å². The van der Waals surface area contributed by atoms with Gasteiger partial charge in [-0.15, -0.1) is 0 Å². The van der Waals surface area contributed by atoms with Gasteiger partial charge < -0.3 is 4.90 Å². The molecule has 1 aromatic rings. The molecule has 2 rings (SSSR count). The van der Waals surface area contributed by atoms with Crippen LogP contribution < -0.4 is 4.90 Å². The molecule has 1 saturated heterocycles. The maximum atomic E-state index is 11.4. The van der Waals surface area contributed by atoms with E-state index >= 15 is 0 Å². The molecule has 6 nitrogen and oxygen atoms in total. The Labute approximate surface area is 123 Å². The Balaban J connectivity index is 2.36. The molecule has 1 aliphatic heterocycles. The number of rotatable bonds is 4. The van der Waals surface area contributed by atoms with Crippen molar-refractivity contribution in [1.29, 1.82) is 0 Å². The van der Waals surface area contributed by atoms with E-state index in [4.69, 9.17) is 0 Å². The summed E-state index contributed by atoms with van der Waals surface area (Å²) in [4.78, 5) is 13.2. The lowest BCUT2D eigenvalue weighted by Gasteiger charge is -2.35. The fourth-order valence-electron chi connectivity index (χ4n) is 2.61. The zero-order valence-electron chi connectivity index (χ0n) is 12.5. The lowest BCUT2D eigenvalue weighted by atomic mass is 10.1. The molecule has 20 heavy (non-hydrogen) atoms. The van der Waals surface area contributed by atoms with Gasteiger partial charge in [0.15, 0.2) is 0 Å². The summed E-state index contributed by atoms with van der Waals surface area (Å²) in [5.41, 5.74) is 0.760. The van der Waals surface area contributed by atoms with Crippen molar-refractivity contribution >= 4 is 23.3 Å². The van der Waals surface area contributed by atoms with E-state index in [0.717, 1.165) is 18.8 Å². The van der Waals surface area contributed by atoms with E-state index in [1.165, 1.54) is 0 Å². The Morgan fingerprint density at radius 1 is 1.55 bits per heavy atom. The largest absolute Gasteiger partial charge is 0.349 e. The van der Waals surface area contributed by atoms with Crippen molar-refractivity contribution in [3.63, 3.8) is 0 Å². The third-order valence-electron chi connectivity index (χ3n) is 3.72. The number of nitrogens with zero attached hydrogens (tertiary/aromatic N) is 4. The van der Waals surface area contributed by atoms with Gasteiger partial charge in [0.1, 0.15) is 5.69 Å². The minimum Gasteiger partial charge on any atom is -0.349 e. The first-order valence-corrected chi connectivity index (χ1v) is 8.07. The number of nitro groups is 1. The van der Waals surface area contributed by atoms with Gasteiger partial charge in [0, 0.05) is 31.1 Å². The molecule has 0 radical (unpaired) electrons. The minimum absolute atomic E-state index is 0.185. The molecule has 1 aliphatic rings. The van der Waals surface area contributed by atoms with Crippen molar-refractivity contribution in [2.75, 3.05) is 23.7 Å². The number of hydrogen-bond acceptors (Lipinski definition) is 5. The topological polar surface area (TPSA) is 64.2 Å². The molecule has 0 spiro atoms. The standard InChI is InChI=1S/C13H22N4O2S/c1-5-10-12(17(18)19)13(15(4)14-10)16-6-7-20-11(8-16)9(2)3/h9,11H,5-8H2,1-4H3. The highest BCUT2D eigenvalue weighted by molar-refractivity contribution is 8.00. The normalized spacial score (nSPS) is 19.6. The van der Waals surface area contributed by atoms with Crippen molar-refractivity contribution in [2.24, 2.45) is 13.0 Å². The average molecular weight is 298 g/mol. The zero-order valence-corrected chi connectivity index (χ0v) is 13.3. The fourth-order valence-corrected chi connectivity index (χ4v) is 3.91. The van der Waals surface area contributed by atoms with Crippen LogP contribution >= 0.6 is 11.8 Å². The molecule has 0 N–H and O–H groups in total. The predicted octanol–water partition coefficient (Wildman–Crippen LogP) is 2.47. The van der Waals surface area contributed by atoms with Gasteiger partial charge in [-0.1, -0.05) is 20.8 Å². The highest BCUT2D eigenvalue weighted by Gasteiger charge is 2.33. The monoisotopic (exact) mass is 298 g/mol. The van der Waals surface area contributed by atoms with Crippen molar-refractivity contribution in [3.05, 3.63) is 15.8 Å². The van der Waals surface area contributed by atoms with Gasteiger partial charge in [-0.05, 0) is 12.3 Å². The van der Waals surface area contributed by atoms with Gasteiger partial charge in [0.25, 0.3) is 0 Å². The van der Waals surface area contributed by atoms with E-state index in [-0.39, 0.29) is 10.6 Å². The van der Waals surface area contributed by atoms with Crippen LogP contribution in [0.25, 0.3) is 0 Å². The van der Waals surface area contributed by atoms with E-state index in [0.29, 0.717) is 29.1 Å². The highest BCUT2D eigenvalue weighted by atomic mass is 32.2. The molecule has 1 aromatic heterocycles. The van der Waals surface area contributed by atoms with Gasteiger partial charge in [-0.3, -0.25) is 10.1 Å². The van der Waals surface area contributed by atoms with Gasteiger partial charge in [0.05, 0.1) is 4.92 Å². The third kappa shape index (κ3) is 2.77. The van der Waals surface area contributed by atoms with E-state index < -0.39 is 0 Å². The van der Waals surface area contributed by atoms with Crippen LogP contribution in [0.2, 0.25) is 0 Å². The number of aryl methyl sites for hydroxylation is 2. The molecular formula is C13H22N4O2S. The van der Waals surface area contributed by atoms with Crippen LogP contribution in [-0.2, 0) is 13.5 Å². The SMILES string of the molecule is CCc1nn(C)c(N2CCSC(C(C)C)C2)c1[N+](=O)[O-]. The molecular weight excluding hydrogens is 276 g/mol. The van der Waals surface area contributed by atoms with E-state index in [1.807, 2.05) is 18.7 Å². The smallest absolute Gasteiger partial charge is 0.334 e. The summed E-state index contributed by atoms with van der Waals surface area (Å²) in [6.45, 7) is 8.01. The summed E-state index contributed by atoms with van der Waals surface area (Å²) in [7, 11) is 1.80. The lowest BCUT2D eigenvalue weighted by Crippen LogP contribution is -2.41. The Morgan fingerprint density at radius 3 is 2.80 bits per heavy atom. The first-order chi connectivity index (χ1) is 9.45. The average Bonchev–Trinajstić information content (AvgIpc) is 2.75. The van der Waals surface area contributed by atoms with E-state index in [2.05, 4.69) is 23.8 Å². The number of hydrogen-bond donors (Lipinski definition) is 0. The van der Waals surface area contributed by atoms with E-state index in [9.17, 15) is 10.1 Å². The summed E-state index contributed by atoms with van der Waals surface area (Å²) in [6.07, 6.45) is 0.584. The summed E-state index contributed by atoms with van der Waals surface area (Å²) < 4.78 is 1.67. The van der Waals surface area contributed by atoms with Crippen LogP contribution in [0, 0.1) is 16.0 Å². The van der Waals surface area contributed by atoms with Crippen LogP contribution in [0.3, 0.4) is 0 Å². The summed E-state index contributed by atoms with van der Waals surface area (Å²) in [6, 6.07) is 0. The Kier molecular flexibility index (Phi) is 4.57. The first-order valence-electron chi connectivity index (χ1n) is 7.02. The second-order valence-corrected chi connectivity index (χ2v) is 6.80.